The van der Waals surface area contributed by atoms with Gasteiger partial charge < -0.3 is 19.7 Å². The van der Waals surface area contributed by atoms with Gasteiger partial charge in [-0.25, -0.2) is 0 Å². The van der Waals surface area contributed by atoms with Crippen LogP contribution in [0.1, 0.15) is 43.5 Å². The van der Waals surface area contributed by atoms with E-state index in [1.807, 2.05) is 19.1 Å². The van der Waals surface area contributed by atoms with Gasteiger partial charge in [-0.15, -0.1) is 0 Å². The summed E-state index contributed by atoms with van der Waals surface area (Å²) in [6, 6.07) is 14.1. The van der Waals surface area contributed by atoms with Crippen LogP contribution < -0.4 is 5.32 Å². The van der Waals surface area contributed by atoms with Crippen molar-refractivity contribution in [3.05, 3.63) is 65.9 Å². The Morgan fingerprint density at radius 1 is 1.15 bits per heavy atom. The zero-order valence-corrected chi connectivity index (χ0v) is 19.7. The minimum absolute atomic E-state index is 0.168. The number of phenols is 1. The zero-order valence-electron chi connectivity index (χ0n) is 19.7. The van der Waals surface area contributed by atoms with E-state index in [4.69, 9.17) is 9.26 Å². The van der Waals surface area contributed by atoms with E-state index in [0.29, 0.717) is 28.6 Å². The van der Waals surface area contributed by atoms with Crippen molar-refractivity contribution in [2.45, 2.75) is 33.2 Å². The molecule has 3 aromatic rings. The third-order valence-electron chi connectivity index (χ3n) is 6.05. The maximum absolute atomic E-state index is 10.7. The van der Waals surface area contributed by atoms with Crippen molar-refractivity contribution in [3.8, 4) is 28.2 Å². The van der Waals surface area contributed by atoms with E-state index in [9.17, 15) is 5.11 Å². The molecule has 0 unspecified atom stereocenters. The third kappa shape index (κ3) is 5.13. The molecule has 174 valence electrons. The van der Waals surface area contributed by atoms with Crippen LogP contribution in [0.5, 0.6) is 5.75 Å². The number of aromatic nitrogens is 1. The van der Waals surface area contributed by atoms with E-state index in [-0.39, 0.29) is 5.75 Å². The summed E-state index contributed by atoms with van der Waals surface area (Å²) in [5, 5.41) is 18.3. The second-order valence-electron chi connectivity index (χ2n) is 8.76. The second-order valence-corrected chi connectivity index (χ2v) is 8.76. The van der Waals surface area contributed by atoms with Crippen molar-refractivity contribution < 1.29 is 14.4 Å². The SMILES string of the molecule is C=C(NCC)c1noc(-c2cc(C(C)C)ccc2O)c1-c1ccc(CN2CCOCC2)cc1. The van der Waals surface area contributed by atoms with Gasteiger partial charge in [-0.1, -0.05) is 55.9 Å². The molecule has 1 aliphatic rings. The second kappa shape index (κ2) is 10.2. The molecule has 0 aliphatic carbocycles. The Hall–Kier alpha value is -3.09. The molecule has 0 bridgehead atoms. The van der Waals surface area contributed by atoms with E-state index >= 15 is 0 Å². The van der Waals surface area contributed by atoms with Gasteiger partial charge in [0.25, 0.3) is 0 Å². The topological polar surface area (TPSA) is 70.8 Å². The smallest absolute Gasteiger partial charge is 0.179 e. The van der Waals surface area contributed by atoms with E-state index < -0.39 is 0 Å². The van der Waals surface area contributed by atoms with Gasteiger partial charge in [0.05, 0.1) is 30.0 Å². The Labute approximate surface area is 195 Å². The van der Waals surface area contributed by atoms with Gasteiger partial charge in [0.1, 0.15) is 11.4 Å². The minimum Gasteiger partial charge on any atom is -0.507 e. The Bertz CT molecular complexity index is 1100. The third-order valence-corrected chi connectivity index (χ3v) is 6.05. The van der Waals surface area contributed by atoms with Crippen molar-refractivity contribution in [1.82, 2.24) is 15.4 Å². The maximum Gasteiger partial charge on any atom is 0.179 e. The number of aromatic hydroxyl groups is 1. The molecule has 0 spiro atoms. The van der Waals surface area contributed by atoms with Gasteiger partial charge in [-0.3, -0.25) is 4.90 Å². The number of hydrogen-bond acceptors (Lipinski definition) is 6. The highest BCUT2D eigenvalue weighted by atomic mass is 16.5. The summed E-state index contributed by atoms with van der Waals surface area (Å²) >= 11 is 0. The largest absolute Gasteiger partial charge is 0.507 e. The fourth-order valence-electron chi connectivity index (χ4n) is 4.13. The van der Waals surface area contributed by atoms with Crippen LogP contribution in [0.3, 0.4) is 0 Å². The molecule has 0 saturated carbocycles. The number of phenolic OH excluding ortho intramolecular Hbond substituents is 1. The van der Waals surface area contributed by atoms with Crippen LogP contribution in [0.15, 0.2) is 53.6 Å². The van der Waals surface area contributed by atoms with Crippen LogP contribution in [0.4, 0.5) is 0 Å². The predicted molar refractivity (Wildman–Crippen MR) is 132 cm³/mol. The van der Waals surface area contributed by atoms with Gasteiger partial charge in [-0.2, -0.15) is 0 Å². The van der Waals surface area contributed by atoms with E-state index in [1.165, 1.54) is 5.56 Å². The first-order chi connectivity index (χ1) is 16.0. The van der Waals surface area contributed by atoms with Gasteiger partial charge >= 0.3 is 0 Å². The van der Waals surface area contributed by atoms with Crippen LogP contribution in [-0.4, -0.2) is 48.0 Å². The lowest BCUT2D eigenvalue weighted by atomic mass is 9.94. The molecule has 1 aromatic heterocycles. The molecule has 0 atom stereocenters. The molecule has 4 rings (SSSR count). The molecule has 6 nitrogen and oxygen atoms in total. The molecule has 1 aliphatic heterocycles. The molecule has 0 amide bonds. The number of benzene rings is 2. The summed E-state index contributed by atoms with van der Waals surface area (Å²) in [6.45, 7) is 15.5. The van der Waals surface area contributed by atoms with Crippen LogP contribution >= 0.6 is 0 Å². The number of hydrogen-bond donors (Lipinski definition) is 2. The van der Waals surface area contributed by atoms with Crippen molar-refractivity contribution in [1.29, 1.82) is 0 Å². The Morgan fingerprint density at radius 2 is 1.88 bits per heavy atom. The van der Waals surface area contributed by atoms with Crippen molar-refractivity contribution in [2.75, 3.05) is 32.8 Å². The summed E-state index contributed by atoms with van der Waals surface area (Å²) in [4.78, 5) is 2.40. The van der Waals surface area contributed by atoms with E-state index in [2.05, 4.69) is 60.1 Å². The molecular weight excluding hydrogens is 414 g/mol. The number of rotatable bonds is 8. The van der Waals surface area contributed by atoms with Crippen molar-refractivity contribution in [3.63, 3.8) is 0 Å². The average molecular weight is 448 g/mol. The first-order valence-electron chi connectivity index (χ1n) is 11.6. The summed E-state index contributed by atoms with van der Waals surface area (Å²) < 4.78 is 11.3. The number of nitrogens with one attached hydrogen (secondary N) is 1. The Balaban J connectivity index is 1.74. The Morgan fingerprint density at radius 3 is 2.55 bits per heavy atom. The predicted octanol–water partition coefficient (Wildman–Crippen LogP) is 5.25. The zero-order chi connectivity index (χ0) is 23.4. The molecule has 0 radical (unpaired) electrons. The van der Waals surface area contributed by atoms with E-state index in [0.717, 1.165) is 56.1 Å². The first kappa shape index (κ1) is 23.1. The number of morpholine rings is 1. The van der Waals surface area contributed by atoms with E-state index in [1.54, 1.807) is 6.07 Å². The number of ether oxygens (including phenoxy) is 1. The van der Waals surface area contributed by atoms with Crippen LogP contribution in [0.25, 0.3) is 28.1 Å². The molecule has 33 heavy (non-hydrogen) atoms. The summed E-state index contributed by atoms with van der Waals surface area (Å²) in [5.74, 6) is 1.04. The molecular formula is C27H33N3O3. The molecule has 2 aromatic carbocycles. The molecule has 1 saturated heterocycles. The summed E-state index contributed by atoms with van der Waals surface area (Å²) in [5.41, 5.74) is 6.15. The van der Waals surface area contributed by atoms with Crippen LogP contribution in [-0.2, 0) is 11.3 Å². The quantitative estimate of drug-likeness (QED) is 0.491. The normalized spacial score (nSPS) is 14.5. The molecule has 6 heteroatoms. The minimum atomic E-state index is 0.168. The van der Waals surface area contributed by atoms with Gasteiger partial charge in [-0.05, 0) is 41.7 Å². The molecule has 2 heterocycles. The van der Waals surface area contributed by atoms with Crippen molar-refractivity contribution in [2.24, 2.45) is 0 Å². The Kier molecular flexibility index (Phi) is 7.16. The monoisotopic (exact) mass is 447 g/mol. The van der Waals surface area contributed by atoms with Gasteiger partial charge in [0, 0.05) is 26.2 Å². The maximum atomic E-state index is 10.7. The fourth-order valence-corrected chi connectivity index (χ4v) is 4.13. The lowest BCUT2D eigenvalue weighted by Crippen LogP contribution is -2.35. The fraction of sp³-hybridized carbons (Fsp3) is 0.370. The lowest BCUT2D eigenvalue weighted by molar-refractivity contribution is 0.0342. The van der Waals surface area contributed by atoms with Crippen LogP contribution in [0, 0.1) is 0 Å². The van der Waals surface area contributed by atoms with Gasteiger partial charge in [0.15, 0.2) is 5.76 Å². The number of nitrogens with zero attached hydrogens (tertiary/aromatic N) is 2. The van der Waals surface area contributed by atoms with Gasteiger partial charge in [0.2, 0.25) is 0 Å². The molecule has 1 fully saturated rings. The molecule has 2 N–H and O–H groups in total. The van der Waals surface area contributed by atoms with Crippen LogP contribution in [0.2, 0.25) is 0 Å². The highest BCUT2D eigenvalue weighted by Gasteiger charge is 2.24. The average Bonchev–Trinajstić information content (AvgIpc) is 3.25. The highest BCUT2D eigenvalue weighted by molar-refractivity contribution is 5.89. The first-order valence-corrected chi connectivity index (χ1v) is 11.6. The summed E-state index contributed by atoms with van der Waals surface area (Å²) in [7, 11) is 0. The van der Waals surface area contributed by atoms with Crippen molar-refractivity contribution >= 4 is 5.70 Å². The summed E-state index contributed by atoms with van der Waals surface area (Å²) in [6.07, 6.45) is 0. The standard InChI is InChI=1S/C27H33N3O3/c1-5-28-19(4)26-25(21-8-6-20(7-9-21)17-30-12-14-32-15-13-30)27(33-29-26)23-16-22(18(2)3)10-11-24(23)31/h6-11,16,18,28,31H,4-5,12-15,17H2,1-3H3. The highest BCUT2D eigenvalue weighted by Crippen LogP contribution is 2.41. The lowest BCUT2D eigenvalue weighted by Gasteiger charge is -2.26.